The summed E-state index contributed by atoms with van der Waals surface area (Å²) in [7, 11) is 0. The third-order valence-electron chi connectivity index (χ3n) is 5.02. The lowest BCUT2D eigenvalue weighted by atomic mass is 9.90. The van der Waals surface area contributed by atoms with Gasteiger partial charge in [0.25, 0.3) is 0 Å². The van der Waals surface area contributed by atoms with Gasteiger partial charge in [-0.3, -0.25) is 0 Å². The monoisotopic (exact) mass is 370 g/mol. The molecule has 0 radical (unpaired) electrons. The number of rotatable bonds is 6. The fourth-order valence-corrected chi connectivity index (χ4v) is 4.03. The summed E-state index contributed by atoms with van der Waals surface area (Å²) in [4.78, 5) is 2.29. The molecule has 25 heavy (non-hydrogen) atoms. The normalized spacial score (nSPS) is 20.2. The average Bonchev–Trinajstić information content (AvgIpc) is 2.66. The first-order chi connectivity index (χ1) is 12.2. The number of hydrogen-bond donors (Lipinski definition) is 2. The summed E-state index contributed by atoms with van der Waals surface area (Å²) in [6.07, 6.45) is 4.72. The highest BCUT2D eigenvalue weighted by Crippen LogP contribution is 2.26. The molecule has 0 aliphatic heterocycles. The third kappa shape index (κ3) is 5.56. The van der Waals surface area contributed by atoms with Gasteiger partial charge < -0.3 is 10.2 Å². The molecule has 0 bridgehead atoms. The van der Waals surface area contributed by atoms with Crippen LogP contribution in [0.5, 0.6) is 0 Å². The van der Waals surface area contributed by atoms with E-state index in [1.807, 2.05) is 0 Å². The largest absolute Gasteiger partial charge is 0.350 e. The summed E-state index contributed by atoms with van der Waals surface area (Å²) in [6.45, 7) is 1.81. The molecule has 2 aromatic rings. The van der Waals surface area contributed by atoms with E-state index >= 15 is 0 Å². The standard InChI is InChI=1S/C21H26N2S2/c24-21(25)23(16-18-9-5-2-6-10-18)20-13-11-19(12-14-20)22-15-17-7-3-1-4-8-17/h1-10,19-20,22H,11-16H2,(H,24,25). The Balaban J connectivity index is 1.50. The summed E-state index contributed by atoms with van der Waals surface area (Å²) in [5.41, 5.74) is 2.65. The van der Waals surface area contributed by atoms with Crippen LogP contribution in [0.2, 0.25) is 0 Å². The molecule has 0 spiro atoms. The summed E-state index contributed by atoms with van der Waals surface area (Å²) in [5, 5.41) is 3.71. The van der Waals surface area contributed by atoms with E-state index in [2.05, 4.69) is 83.5 Å². The highest BCUT2D eigenvalue weighted by atomic mass is 32.1. The van der Waals surface area contributed by atoms with E-state index in [4.69, 9.17) is 12.2 Å². The van der Waals surface area contributed by atoms with Crippen LogP contribution in [0.15, 0.2) is 60.7 Å². The van der Waals surface area contributed by atoms with Crippen LogP contribution in [0.1, 0.15) is 36.8 Å². The Kier molecular flexibility index (Phi) is 6.91. The Morgan fingerprint density at radius 1 is 0.920 bits per heavy atom. The number of benzene rings is 2. The van der Waals surface area contributed by atoms with E-state index in [1.165, 1.54) is 36.8 Å². The van der Waals surface area contributed by atoms with Gasteiger partial charge in [-0.2, -0.15) is 0 Å². The van der Waals surface area contributed by atoms with Crippen LogP contribution in [-0.4, -0.2) is 21.3 Å². The highest BCUT2D eigenvalue weighted by molar-refractivity contribution is 8.10. The molecular weight excluding hydrogens is 344 g/mol. The van der Waals surface area contributed by atoms with Gasteiger partial charge in [0.2, 0.25) is 0 Å². The Morgan fingerprint density at radius 3 is 2.04 bits per heavy atom. The first-order valence-electron chi connectivity index (χ1n) is 9.03. The maximum atomic E-state index is 5.42. The van der Waals surface area contributed by atoms with Gasteiger partial charge in [0.05, 0.1) is 0 Å². The molecule has 0 aromatic heterocycles. The van der Waals surface area contributed by atoms with Crippen LogP contribution in [0, 0.1) is 0 Å². The topological polar surface area (TPSA) is 15.3 Å². The van der Waals surface area contributed by atoms with Crippen molar-refractivity contribution in [1.82, 2.24) is 10.2 Å². The fraction of sp³-hybridized carbons (Fsp3) is 0.381. The smallest absolute Gasteiger partial charge is 0.133 e. The van der Waals surface area contributed by atoms with Crippen molar-refractivity contribution in [3.05, 3.63) is 71.8 Å². The molecule has 4 heteroatoms. The molecule has 0 saturated heterocycles. The van der Waals surface area contributed by atoms with E-state index in [0.717, 1.165) is 13.1 Å². The van der Waals surface area contributed by atoms with Crippen molar-refractivity contribution in [2.24, 2.45) is 0 Å². The molecule has 1 N–H and O–H groups in total. The average molecular weight is 371 g/mol. The Hall–Kier alpha value is -1.36. The minimum absolute atomic E-state index is 0.500. The van der Waals surface area contributed by atoms with Crippen molar-refractivity contribution in [2.75, 3.05) is 0 Å². The Bertz CT molecular complexity index is 652. The van der Waals surface area contributed by atoms with E-state index < -0.39 is 0 Å². The van der Waals surface area contributed by atoms with Crippen molar-refractivity contribution in [3.8, 4) is 0 Å². The summed E-state index contributed by atoms with van der Waals surface area (Å²) in [6, 6.07) is 22.3. The minimum atomic E-state index is 0.500. The lowest BCUT2D eigenvalue weighted by Crippen LogP contribution is -2.43. The molecule has 0 atom stereocenters. The second-order valence-electron chi connectivity index (χ2n) is 6.77. The van der Waals surface area contributed by atoms with Crippen molar-refractivity contribution in [3.63, 3.8) is 0 Å². The van der Waals surface area contributed by atoms with Crippen LogP contribution in [0.4, 0.5) is 0 Å². The number of nitrogens with one attached hydrogen (secondary N) is 1. The van der Waals surface area contributed by atoms with Gasteiger partial charge in [0.15, 0.2) is 0 Å². The number of thiocarbonyl (C=S) groups is 1. The van der Waals surface area contributed by atoms with E-state index in [-0.39, 0.29) is 0 Å². The van der Waals surface area contributed by atoms with E-state index in [0.29, 0.717) is 16.4 Å². The number of thiol groups is 1. The van der Waals surface area contributed by atoms with Crippen molar-refractivity contribution < 1.29 is 0 Å². The molecule has 1 saturated carbocycles. The van der Waals surface area contributed by atoms with Crippen LogP contribution in [0.3, 0.4) is 0 Å². The molecule has 3 rings (SSSR count). The molecule has 0 amide bonds. The molecule has 2 aromatic carbocycles. The van der Waals surface area contributed by atoms with E-state index in [9.17, 15) is 0 Å². The minimum Gasteiger partial charge on any atom is -0.350 e. The van der Waals surface area contributed by atoms with Gasteiger partial charge in [-0.15, -0.1) is 12.6 Å². The first kappa shape index (κ1) is 18.4. The number of hydrogen-bond acceptors (Lipinski definition) is 2. The SMILES string of the molecule is S=C(S)N(Cc1ccccc1)C1CCC(NCc2ccccc2)CC1. The Morgan fingerprint density at radius 2 is 1.48 bits per heavy atom. The molecule has 0 unspecified atom stereocenters. The summed E-state index contributed by atoms with van der Waals surface area (Å²) >= 11 is 9.90. The van der Waals surface area contributed by atoms with Gasteiger partial charge in [-0.25, -0.2) is 0 Å². The number of nitrogens with zero attached hydrogens (tertiary/aromatic N) is 1. The van der Waals surface area contributed by atoms with Crippen LogP contribution < -0.4 is 5.32 Å². The molecule has 0 heterocycles. The Labute approximate surface area is 162 Å². The van der Waals surface area contributed by atoms with Gasteiger partial charge in [0, 0.05) is 25.2 Å². The molecular formula is C21H26N2S2. The zero-order valence-corrected chi connectivity index (χ0v) is 16.2. The van der Waals surface area contributed by atoms with Gasteiger partial charge in [-0.05, 0) is 36.8 Å². The van der Waals surface area contributed by atoms with Crippen molar-refractivity contribution >= 4 is 29.2 Å². The molecule has 1 aliphatic rings. The van der Waals surface area contributed by atoms with Crippen LogP contribution in [0.25, 0.3) is 0 Å². The predicted octanol–water partition coefficient (Wildman–Crippen LogP) is 4.80. The zero-order chi connectivity index (χ0) is 17.5. The third-order valence-corrected chi connectivity index (χ3v) is 5.51. The molecule has 1 aliphatic carbocycles. The summed E-state index contributed by atoms with van der Waals surface area (Å²) < 4.78 is 0.713. The fourth-order valence-electron chi connectivity index (χ4n) is 3.58. The predicted molar refractivity (Wildman–Crippen MR) is 113 cm³/mol. The van der Waals surface area contributed by atoms with Crippen LogP contribution in [-0.2, 0) is 13.1 Å². The van der Waals surface area contributed by atoms with Crippen LogP contribution >= 0.6 is 24.8 Å². The second kappa shape index (κ2) is 9.37. The van der Waals surface area contributed by atoms with E-state index in [1.54, 1.807) is 0 Å². The van der Waals surface area contributed by atoms with Gasteiger partial charge >= 0.3 is 0 Å². The lowest BCUT2D eigenvalue weighted by Gasteiger charge is -2.37. The first-order valence-corrected chi connectivity index (χ1v) is 9.88. The van der Waals surface area contributed by atoms with Gasteiger partial charge in [-0.1, -0.05) is 72.9 Å². The maximum Gasteiger partial charge on any atom is 0.133 e. The van der Waals surface area contributed by atoms with Gasteiger partial charge in [0.1, 0.15) is 4.32 Å². The zero-order valence-electron chi connectivity index (χ0n) is 14.5. The lowest BCUT2D eigenvalue weighted by molar-refractivity contribution is 0.217. The molecule has 2 nitrogen and oxygen atoms in total. The highest BCUT2D eigenvalue weighted by Gasteiger charge is 2.26. The molecule has 1 fully saturated rings. The maximum absolute atomic E-state index is 5.42. The quantitative estimate of drug-likeness (QED) is 0.561. The second-order valence-corrected chi connectivity index (χ2v) is 7.88. The van der Waals surface area contributed by atoms with Crippen molar-refractivity contribution in [2.45, 2.75) is 50.9 Å². The van der Waals surface area contributed by atoms with Crippen molar-refractivity contribution in [1.29, 1.82) is 0 Å². The summed E-state index contributed by atoms with van der Waals surface area (Å²) in [5.74, 6) is 0. The molecule has 132 valence electrons.